The zero-order valence-corrected chi connectivity index (χ0v) is 9.98. The van der Waals surface area contributed by atoms with Gasteiger partial charge in [0, 0.05) is 17.8 Å². The van der Waals surface area contributed by atoms with Crippen LogP contribution < -0.4 is 11.1 Å². The largest absolute Gasteiger partial charge is 0.384 e. The van der Waals surface area contributed by atoms with Gasteiger partial charge in [-0.2, -0.15) is 0 Å². The Balaban J connectivity index is 1.96. The van der Waals surface area contributed by atoms with Crippen LogP contribution in [-0.4, -0.2) is 16.9 Å². The number of pyridine rings is 1. The summed E-state index contributed by atoms with van der Waals surface area (Å²) in [6.07, 6.45) is 8.74. The number of nitrogen functional groups attached to an aromatic ring is 1. The van der Waals surface area contributed by atoms with E-state index in [4.69, 9.17) is 5.73 Å². The number of hydrogen-bond acceptors (Lipinski definition) is 3. The third-order valence-corrected chi connectivity index (χ3v) is 3.23. The number of hydrogen-bond donors (Lipinski definition) is 2. The fourth-order valence-electron chi connectivity index (χ4n) is 2.28. The summed E-state index contributed by atoms with van der Waals surface area (Å²) in [5.41, 5.74) is 6.16. The van der Waals surface area contributed by atoms with Crippen LogP contribution >= 0.6 is 0 Å². The van der Waals surface area contributed by atoms with E-state index in [1.54, 1.807) is 18.3 Å². The Kier molecular flexibility index (Phi) is 3.96. The van der Waals surface area contributed by atoms with Gasteiger partial charge in [0.1, 0.15) is 5.82 Å². The van der Waals surface area contributed by atoms with Gasteiger partial charge < -0.3 is 11.1 Å². The second-order valence-corrected chi connectivity index (χ2v) is 4.63. The molecule has 2 rings (SSSR count). The highest BCUT2D eigenvalue weighted by Gasteiger charge is 2.15. The van der Waals surface area contributed by atoms with Crippen LogP contribution in [0.25, 0.3) is 0 Å². The standard InChI is InChI=1S/C13H19N3O/c14-12-9-10(7-8-15-12)13(17)16-11-5-3-1-2-4-6-11/h7-9,11H,1-6H2,(H2,14,15)(H,16,17). The van der Waals surface area contributed by atoms with E-state index in [1.165, 1.54) is 25.7 Å². The lowest BCUT2D eigenvalue weighted by molar-refractivity contribution is 0.0933. The molecule has 92 valence electrons. The average Bonchev–Trinajstić information content (AvgIpc) is 2.57. The molecular formula is C13H19N3O. The molecule has 1 saturated carbocycles. The molecule has 17 heavy (non-hydrogen) atoms. The Morgan fingerprint density at radius 3 is 2.65 bits per heavy atom. The molecule has 1 aromatic rings. The van der Waals surface area contributed by atoms with Gasteiger partial charge in [0.2, 0.25) is 0 Å². The normalized spacial score (nSPS) is 17.4. The Morgan fingerprint density at radius 1 is 1.29 bits per heavy atom. The summed E-state index contributed by atoms with van der Waals surface area (Å²) >= 11 is 0. The van der Waals surface area contributed by atoms with E-state index in [9.17, 15) is 4.79 Å². The molecular weight excluding hydrogens is 214 g/mol. The predicted molar refractivity (Wildman–Crippen MR) is 67.6 cm³/mol. The van der Waals surface area contributed by atoms with Crippen molar-refractivity contribution in [3.05, 3.63) is 23.9 Å². The van der Waals surface area contributed by atoms with Crippen molar-refractivity contribution >= 4 is 11.7 Å². The molecule has 0 spiro atoms. The fraction of sp³-hybridized carbons (Fsp3) is 0.538. The van der Waals surface area contributed by atoms with Gasteiger partial charge >= 0.3 is 0 Å². The molecule has 0 atom stereocenters. The van der Waals surface area contributed by atoms with Crippen LogP contribution in [0.5, 0.6) is 0 Å². The number of carbonyl (C=O) groups excluding carboxylic acids is 1. The van der Waals surface area contributed by atoms with Crippen molar-refractivity contribution in [1.29, 1.82) is 0 Å². The van der Waals surface area contributed by atoms with Gasteiger partial charge in [-0.15, -0.1) is 0 Å². The van der Waals surface area contributed by atoms with Crippen molar-refractivity contribution < 1.29 is 4.79 Å². The van der Waals surface area contributed by atoms with Crippen molar-refractivity contribution in [2.75, 3.05) is 5.73 Å². The van der Waals surface area contributed by atoms with E-state index >= 15 is 0 Å². The summed E-state index contributed by atoms with van der Waals surface area (Å²) in [7, 11) is 0. The Morgan fingerprint density at radius 2 is 2.00 bits per heavy atom. The van der Waals surface area contributed by atoms with Gasteiger partial charge in [0.05, 0.1) is 0 Å². The lowest BCUT2D eigenvalue weighted by atomic mass is 10.1. The van der Waals surface area contributed by atoms with Gasteiger partial charge in [-0.05, 0) is 25.0 Å². The van der Waals surface area contributed by atoms with E-state index in [1.807, 2.05) is 0 Å². The summed E-state index contributed by atoms with van der Waals surface area (Å²) in [6, 6.07) is 3.63. The molecule has 1 aliphatic rings. The van der Waals surface area contributed by atoms with E-state index in [0.717, 1.165) is 12.8 Å². The quantitative estimate of drug-likeness (QED) is 0.769. The van der Waals surface area contributed by atoms with Crippen LogP contribution in [0.1, 0.15) is 48.9 Å². The van der Waals surface area contributed by atoms with E-state index in [2.05, 4.69) is 10.3 Å². The number of carbonyl (C=O) groups is 1. The summed E-state index contributed by atoms with van der Waals surface area (Å²) < 4.78 is 0. The maximum atomic E-state index is 12.0. The Hall–Kier alpha value is -1.58. The first-order chi connectivity index (χ1) is 8.25. The van der Waals surface area contributed by atoms with Gasteiger partial charge in [0.25, 0.3) is 5.91 Å². The highest BCUT2D eigenvalue weighted by molar-refractivity contribution is 5.94. The summed E-state index contributed by atoms with van der Waals surface area (Å²) in [4.78, 5) is 15.9. The molecule has 3 N–H and O–H groups in total. The first-order valence-electron chi connectivity index (χ1n) is 6.28. The molecule has 0 unspecified atom stereocenters. The van der Waals surface area contributed by atoms with Crippen molar-refractivity contribution in [3.63, 3.8) is 0 Å². The monoisotopic (exact) mass is 233 g/mol. The number of amides is 1. The molecule has 0 bridgehead atoms. The minimum absolute atomic E-state index is 0.0361. The molecule has 1 aromatic heterocycles. The Labute approximate surface area is 102 Å². The van der Waals surface area contributed by atoms with Gasteiger partial charge in [-0.25, -0.2) is 4.98 Å². The van der Waals surface area contributed by atoms with Gasteiger partial charge in [-0.1, -0.05) is 25.7 Å². The summed E-state index contributed by atoms with van der Waals surface area (Å²) in [5, 5.41) is 3.08. The van der Waals surface area contributed by atoms with Crippen LogP contribution in [0.15, 0.2) is 18.3 Å². The molecule has 4 heteroatoms. The number of anilines is 1. The maximum absolute atomic E-state index is 12.0. The fourth-order valence-corrected chi connectivity index (χ4v) is 2.28. The topological polar surface area (TPSA) is 68.0 Å². The summed E-state index contributed by atoms with van der Waals surface area (Å²) in [5.74, 6) is 0.351. The van der Waals surface area contributed by atoms with E-state index < -0.39 is 0 Å². The molecule has 1 aliphatic carbocycles. The first kappa shape index (κ1) is 11.9. The van der Waals surface area contributed by atoms with Crippen LogP contribution in [0, 0.1) is 0 Å². The second kappa shape index (κ2) is 5.66. The van der Waals surface area contributed by atoms with Crippen LogP contribution in [-0.2, 0) is 0 Å². The lowest BCUT2D eigenvalue weighted by Gasteiger charge is -2.16. The molecule has 0 aliphatic heterocycles. The number of nitrogens with zero attached hydrogens (tertiary/aromatic N) is 1. The maximum Gasteiger partial charge on any atom is 0.251 e. The van der Waals surface area contributed by atoms with Crippen LogP contribution in [0.2, 0.25) is 0 Å². The molecule has 4 nitrogen and oxygen atoms in total. The number of nitrogens with two attached hydrogens (primary N) is 1. The summed E-state index contributed by atoms with van der Waals surface area (Å²) in [6.45, 7) is 0. The van der Waals surface area contributed by atoms with E-state index in [-0.39, 0.29) is 5.91 Å². The van der Waals surface area contributed by atoms with Crippen molar-refractivity contribution in [2.24, 2.45) is 0 Å². The lowest BCUT2D eigenvalue weighted by Crippen LogP contribution is -2.34. The first-order valence-corrected chi connectivity index (χ1v) is 6.28. The molecule has 0 saturated heterocycles. The third-order valence-electron chi connectivity index (χ3n) is 3.23. The van der Waals surface area contributed by atoms with Gasteiger partial charge in [0.15, 0.2) is 0 Å². The minimum Gasteiger partial charge on any atom is -0.384 e. The highest BCUT2D eigenvalue weighted by Crippen LogP contribution is 2.17. The minimum atomic E-state index is -0.0361. The second-order valence-electron chi connectivity index (χ2n) is 4.63. The highest BCUT2D eigenvalue weighted by atomic mass is 16.1. The van der Waals surface area contributed by atoms with Crippen molar-refractivity contribution in [1.82, 2.24) is 10.3 Å². The molecule has 1 fully saturated rings. The molecule has 0 radical (unpaired) electrons. The zero-order chi connectivity index (χ0) is 12.1. The Bertz CT molecular complexity index is 384. The molecule has 0 aromatic carbocycles. The van der Waals surface area contributed by atoms with Crippen molar-refractivity contribution in [2.45, 2.75) is 44.6 Å². The third kappa shape index (κ3) is 3.44. The zero-order valence-electron chi connectivity index (χ0n) is 9.98. The predicted octanol–water partition coefficient (Wildman–Crippen LogP) is 2.12. The number of rotatable bonds is 2. The number of nitrogens with one attached hydrogen (secondary N) is 1. The van der Waals surface area contributed by atoms with Crippen LogP contribution in [0.4, 0.5) is 5.82 Å². The SMILES string of the molecule is Nc1cc(C(=O)NC2CCCCCC2)ccn1. The van der Waals surface area contributed by atoms with E-state index in [0.29, 0.717) is 17.4 Å². The number of aromatic nitrogens is 1. The van der Waals surface area contributed by atoms with Gasteiger partial charge in [-0.3, -0.25) is 4.79 Å². The molecule has 1 amide bonds. The average molecular weight is 233 g/mol. The van der Waals surface area contributed by atoms with Crippen LogP contribution in [0.3, 0.4) is 0 Å². The van der Waals surface area contributed by atoms with Crippen molar-refractivity contribution in [3.8, 4) is 0 Å². The smallest absolute Gasteiger partial charge is 0.251 e. The molecule has 1 heterocycles.